The van der Waals surface area contributed by atoms with Crippen molar-refractivity contribution in [2.75, 3.05) is 20.3 Å². The van der Waals surface area contributed by atoms with Crippen LogP contribution in [0.25, 0.3) is 16.8 Å². The molecule has 1 fully saturated rings. The second-order valence-corrected chi connectivity index (χ2v) is 9.44. The maximum atomic E-state index is 13.9. The van der Waals surface area contributed by atoms with Crippen molar-refractivity contribution in [3.05, 3.63) is 107 Å². The molecule has 0 unspecified atom stereocenters. The van der Waals surface area contributed by atoms with E-state index in [0.29, 0.717) is 33.3 Å². The summed E-state index contributed by atoms with van der Waals surface area (Å²) in [6.45, 7) is 0.362. The zero-order valence-electron chi connectivity index (χ0n) is 20.6. The van der Waals surface area contributed by atoms with Crippen molar-refractivity contribution in [3.63, 3.8) is 0 Å². The van der Waals surface area contributed by atoms with Crippen LogP contribution in [0.3, 0.4) is 0 Å². The fourth-order valence-electron chi connectivity index (χ4n) is 4.08. The average molecular weight is 530 g/mol. The summed E-state index contributed by atoms with van der Waals surface area (Å²) in [5.74, 6) is 0.848. The third-order valence-corrected chi connectivity index (χ3v) is 6.93. The van der Waals surface area contributed by atoms with E-state index in [9.17, 15) is 14.0 Å². The lowest BCUT2D eigenvalue weighted by molar-refractivity contribution is -0.123. The number of amides is 2. The molecule has 6 nitrogen and oxygen atoms in total. The van der Waals surface area contributed by atoms with Crippen LogP contribution in [0.5, 0.6) is 17.2 Å². The van der Waals surface area contributed by atoms with Crippen molar-refractivity contribution in [1.82, 2.24) is 4.90 Å². The number of halogens is 1. The highest BCUT2D eigenvalue weighted by Gasteiger charge is 2.34. The Morgan fingerprint density at radius 3 is 2.50 bits per heavy atom. The summed E-state index contributed by atoms with van der Waals surface area (Å²) in [7, 11) is 1.50. The van der Waals surface area contributed by atoms with Gasteiger partial charge in [-0.25, -0.2) is 4.39 Å². The number of methoxy groups -OCH3 is 1. The van der Waals surface area contributed by atoms with E-state index in [1.165, 1.54) is 18.1 Å². The Bertz CT molecular complexity index is 1530. The van der Waals surface area contributed by atoms with E-state index in [4.69, 9.17) is 14.2 Å². The lowest BCUT2D eigenvalue weighted by Crippen LogP contribution is -2.32. The average Bonchev–Trinajstić information content (AvgIpc) is 3.20. The molecule has 1 heterocycles. The quantitative estimate of drug-likeness (QED) is 0.225. The molecule has 4 aromatic rings. The first-order valence-electron chi connectivity index (χ1n) is 11.9. The number of ether oxygens (including phenoxy) is 3. The van der Waals surface area contributed by atoms with Crippen molar-refractivity contribution >= 4 is 39.8 Å². The van der Waals surface area contributed by atoms with Crippen LogP contribution in [-0.4, -0.2) is 36.3 Å². The Morgan fingerprint density at radius 1 is 0.868 bits per heavy atom. The second-order valence-electron chi connectivity index (χ2n) is 8.45. The molecule has 8 heteroatoms. The SMILES string of the molecule is COc1cc(/C=C2\SC(=O)N(CCOc3cccc4ccccc34)C2=O)ccc1OCc1ccccc1F. The summed E-state index contributed by atoms with van der Waals surface area (Å²) in [5.41, 5.74) is 1.09. The molecule has 0 bridgehead atoms. The van der Waals surface area contributed by atoms with Gasteiger partial charge in [-0.2, -0.15) is 0 Å². The van der Waals surface area contributed by atoms with Gasteiger partial charge < -0.3 is 14.2 Å². The number of rotatable bonds is 9. The van der Waals surface area contributed by atoms with Crippen LogP contribution < -0.4 is 14.2 Å². The van der Waals surface area contributed by atoms with Crippen molar-refractivity contribution in [2.24, 2.45) is 0 Å². The second kappa shape index (κ2) is 11.4. The van der Waals surface area contributed by atoms with Gasteiger partial charge in [-0.15, -0.1) is 0 Å². The Morgan fingerprint density at radius 2 is 1.66 bits per heavy atom. The van der Waals surface area contributed by atoms with E-state index in [1.54, 1.807) is 42.5 Å². The van der Waals surface area contributed by atoms with Gasteiger partial charge in [0.15, 0.2) is 11.5 Å². The molecule has 1 saturated heterocycles. The minimum absolute atomic E-state index is 0.0438. The summed E-state index contributed by atoms with van der Waals surface area (Å²) in [6, 6.07) is 25.2. The number of fused-ring (bicyclic) bond motifs is 1. The number of carbonyl (C=O) groups is 2. The van der Waals surface area contributed by atoms with Crippen LogP contribution in [0.4, 0.5) is 9.18 Å². The molecule has 192 valence electrons. The lowest BCUT2D eigenvalue weighted by Gasteiger charge is -2.14. The van der Waals surface area contributed by atoms with E-state index in [2.05, 4.69) is 0 Å². The topological polar surface area (TPSA) is 65.1 Å². The molecule has 0 N–H and O–H groups in total. The number of benzene rings is 4. The summed E-state index contributed by atoms with van der Waals surface area (Å²) in [6.07, 6.45) is 1.64. The summed E-state index contributed by atoms with van der Waals surface area (Å²) < 4.78 is 31.0. The normalized spacial score (nSPS) is 14.4. The Balaban J connectivity index is 1.24. The predicted molar refractivity (Wildman–Crippen MR) is 146 cm³/mol. The van der Waals surface area contributed by atoms with Gasteiger partial charge in [-0.1, -0.05) is 60.7 Å². The highest BCUT2D eigenvalue weighted by atomic mass is 32.2. The smallest absolute Gasteiger partial charge is 0.293 e. The Labute approximate surface area is 223 Å². The molecular formula is C30H24FNO5S. The van der Waals surface area contributed by atoms with Gasteiger partial charge >= 0.3 is 0 Å². The first kappa shape index (κ1) is 25.4. The van der Waals surface area contributed by atoms with Gasteiger partial charge in [0.05, 0.1) is 18.6 Å². The van der Waals surface area contributed by atoms with Crippen LogP contribution in [0.1, 0.15) is 11.1 Å². The van der Waals surface area contributed by atoms with Crippen LogP contribution >= 0.6 is 11.8 Å². The van der Waals surface area contributed by atoms with Crippen LogP contribution in [0, 0.1) is 5.82 Å². The molecule has 0 radical (unpaired) electrons. The fraction of sp³-hybridized carbons (Fsp3) is 0.133. The van der Waals surface area contributed by atoms with E-state index >= 15 is 0 Å². The molecular weight excluding hydrogens is 505 g/mol. The first-order valence-corrected chi connectivity index (χ1v) is 12.8. The number of hydrogen-bond donors (Lipinski definition) is 0. The van der Waals surface area contributed by atoms with Crippen LogP contribution in [0.2, 0.25) is 0 Å². The van der Waals surface area contributed by atoms with E-state index < -0.39 is 0 Å². The number of hydrogen-bond acceptors (Lipinski definition) is 6. The monoisotopic (exact) mass is 529 g/mol. The van der Waals surface area contributed by atoms with Gasteiger partial charge in [0.2, 0.25) is 0 Å². The predicted octanol–water partition coefficient (Wildman–Crippen LogP) is 6.68. The molecule has 0 saturated carbocycles. The molecule has 4 aromatic carbocycles. The summed E-state index contributed by atoms with van der Waals surface area (Å²) in [4.78, 5) is 27.0. The van der Waals surface area contributed by atoms with E-state index in [1.807, 2.05) is 42.5 Å². The zero-order valence-corrected chi connectivity index (χ0v) is 21.4. The van der Waals surface area contributed by atoms with Gasteiger partial charge in [-0.05, 0) is 53.1 Å². The zero-order chi connectivity index (χ0) is 26.5. The third-order valence-electron chi connectivity index (χ3n) is 6.02. The van der Waals surface area contributed by atoms with Crippen molar-refractivity contribution < 1.29 is 28.2 Å². The molecule has 5 rings (SSSR count). The first-order chi connectivity index (χ1) is 18.5. The number of thioether (sulfide) groups is 1. The minimum atomic E-state index is -0.375. The third kappa shape index (κ3) is 5.50. The molecule has 0 aromatic heterocycles. The number of carbonyl (C=O) groups excluding carboxylic acids is 2. The van der Waals surface area contributed by atoms with Gasteiger partial charge in [-0.3, -0.25) is 14.5 Å². The fourth-order valence-corrected chi connectivity index (χ4v) is 4.94. The molecule has 1 aliphatic heterocycles. The lowest BCUT2D eigenvalue weighted by atomic mass is 10.1. The Kier molecular flexibility index (Phi) is 7.60. The van der Waals surface area contributed by atoms with Crippen molar-refractivity contribution in [3.8, 4) is 17.2 Å². The van der Waals surface area contributed by atoms with Crippen molar-refractivity contribution in [1.29, 1.82) is 0 Å². The molecule has 38 heavy (non-hydrogen) atoms. The maximum Gasteiger partial charge on any atom is 0.293 e. The maximum absolute atomic E-state index is 13.9. The standard InChI is InChI=1S/C30H24FNO5S/c1-35-27-17-20(13-14-26(27)37-19-22-8-3-5-11-24(22)31)18-28-29(33)32(30(34)38-28)15-16-36-25-12-6-9-21-7-2-4-10-23(21)25/h2-14,17-18H,15-16,19H2,1H3/b28-18-. The van der Waals surface area contributed by atoms with E-state index in [-0.39, 0.29) is 36.7 Å². The Hall–Kier alpha value is -4.30. The van der Waals surface area contributed by atoms with Crippen LogP contribution in [-0.2, 0) is 11.4 Å². The number of imide groups is 1. The van der Waals surface area contributed by atoms with E-state index in [0.717, 1.165) is 22.5 Å². The molecule has 0 atom stereocenters. The van der Waals surface area contributed by atoms with Gasteiger partial charge in [0, 0.05) is 10.9 Å². The van der Waals surface area contributed by atoms with Gasteiger partial charge in [0.25, 0.3) is 11.1 Å². The minimum Gasteiger partial charge on any atom is -0.493 e. The molecule has 1 aliphatic rings. The number of nitrogens with zero attached hydrogens (tertiary/aromatic N) is 1. The molecule has 2 amide bonds. The van der Waals surface area contributed by atoms with Gasteiger partial charge in [0.1, 0.15) is 24.8 Å². The van der Waals surface area contributed by atoms with Crippen LogP contribution in [0.15, 0.2) is 89.8 Å². The summed E-state index contributed by atoms with van der Waals surface area (Å²) >= 11 is 0.881. The summed E-state index contributed by atoms with van der Waals surface area (Å²) in [5, 5.41) is 1.68. The molecule has 0 spiro atoms. The van der Waals surface area contributed by atoms with Crippen molar-refractivity contribution in [2.45, 2.75) is 6.61 Å². The largest absolute Gasteiger partial charge is 0.493 e. The highest BCUT2D eigenvalue weighted by molar-refractivity contribution is 8.18. The highest BCUT2D eigenvalue weighted by Crippen LogP contribution is 2.35. The molecule has 0 aliphatic carbocycles.